The smallest absolute Gasteiger partial charge is 0.210 e. The third-order valence-electron chi connectivity index (χ3n) is 6.00. The Morgan fingerprint density at radius 2 is 1.85 bits per heavy atom. The number of rotatable bonds is 4. The highest BCUT2D eigenvalue weighted by molar-refractivity contribution is 5.74. The summed E-state index contributed by atoms with van der Waals surface area (Å²) >= 11 is 0. The molecule has 2 aromatic carbocycles. The highest BCUT2D eigenvalue weighted by Gasteiger charge is 2.28. The number of hydrogen-bond acceptors (Lipinski definition) is 3. The second-order valence-corrected chi connectivity index (χ2v) is 8.47. The summed E-state index contributed by atoms with van der Waals surface area (Å²) in [5, 5.41) is 4.26. The number of benzene rings is 2. The molecule has 0 saturated heterocycles. The van der Waals surface area contributed by atoms with Gasteiger partial charge in [-0.15, -0.1) is 5.10 Å². The van der Waals surface area contributed by atoms with Gasteiger partial charge in [0.05, 0.1) is 12.0 Å². The summed E-state index contributed by atoms with van der Waals surface area (Å²) in [7, 11) is 0. The van der Waals surface area contributed by atoms with Crippen molar-refractivity contribution in [2.24, 2.45) is 0 Å². The molecule has 3 heterocycles. The van der Waals surface area contributed by atoms with Gasteiger partial charge in [0, 0.05) is 24.3 Å². The van der Waals surface area contributed by atoms with E-state index in [-0.39, 0.29) is 11.4 Å². The molecule has 2 aromatic heterocycles. The van der Waals surface area contributed by atoms with E-state index in [1.165, 1.54) is 6.08 Å². The summed E-state index contributed by atoms with van der Waals surface area (Å²) in [5.41, 5.74) is 3.67. The molecule has 0 unspecified atom stereocenters. The van der Waals surface area contributed by atoms with Crippen molar-refractivity contribution >= 4 is 11.9 Å². The lowest BCUT2D eigenvalue weighted by atomic mass is 9.91. The highest BCUT2D eigenvalue weighted by atomic mass is 19.2. The summed E-state index contributed by atoms with van der Waals surface area (Å²) in [6.45, 7) is 4.35. The SMILES string of the molecule is Cc1cn(-c2ccc(/C=C(\F)c3nc4n(n3)CCC[C@@H]4c3cc(F)c(F)c(F)c3)cc2C)cn1. The maximum absolute atomic E-state index is 15.1. The third-order valence-corrected chi connectivity index (χ3v) is 6.00. The first kappa shape index (κ1) is 22.1. The third kappa shape index (κ3) is 4.02. The van der Waals surface area contributed by atoms with Gasteiger partial charge in [0.15, 0.2) is 23.3 Å². The Morgan fingerprint density at radius 1 is 1.09 bits per heavy atom. The molecule has 5 nitrogen and oxygen atoms in total. The van der Waals surface area contributed by atoms with Crippen molar-refractivity contribution in [1.82, 2.24) is 24.3 Å². The van der Waals surface area contributed by atoms with E-state index in [1.807, 2.05) is 36.7 Å². The van der Waals surface area contributed by atoms with Gasteiger partial charge >= 0.3 is 0 Å². The van der Waals surface area contributed by atoms with E-state index in [9.17, 15) is 13.2 Å². The molecular weight excluding hydrogens is 446 g/mol. The Kier molecular flexibility index (Phi) is 5.55. The van der Waals surface area contributed by atoms with Gasteiger partial charge in [0.1, 0.15) is 5.82 Å². The zero-order valence-corrected chi connectivity index (χ0v) is 18.6. The molecule has 0 N–H and O–H groups in total. The lowest BCUT2D eigenvalue weighted by molar-refractivity contribution is 0.427. The Bertz CT molecular complexity index is 1400. The Hall–Kier alpha value is -3.75. The number of hydrogen-bond donors (Lipinski definition) is 0. The molecule has 0 bridgehead atoms. The second-order valence-electron chi connectivity index (χ2n) is 8.47. The fraction of sp³-hybridized carbons (Fsp3) is 0.240. The molecule has 5 rings (SSSR count). The molecule has 0 radical (unpaired) electrons. The van der Waals surface area contributed by atoms with Crippen LogP contribution in [0.25, 0.3) is 17.6 Å². The largest absolute Gasteiger partial charge is 0.306 e. The minimum Gasteiger partial charge on any atom is -0.306 e. The van der Waals surface area contributed by atoms with Gasteiger partial charge in [-0.25, -0.2) is 32.2 Å². The number of fused-ring (bicyclic) bond motifs is 1. The van der Waals surface area contributed by atoms with Crippen molar-refractivity contribution in [1.29, 1.82) is 0 Å². The molecule has 1 aliphatic heterocycles. The Labute approximate surface area is 193 Å². The van der Waals surface area contributed by atoms with Crippen molar-refractivity contribution in [2.45, 2.75) is 39.2 Å². The van der Waals surface area contributed by atoms with Crippen LogP contribution in [0.1, 0.15) is 52.8 Å². The lowest BCUT2D eigenvalue weighted by Gasteiger charge is -2.22. The molecule has 1 aliphatic rings. The monoisotopic (exact) mass is 467 g/mol. The first-order valence-electron chi connectivity index (χ1n) is 10.9. The molecule has 1 atom stereocenters. The molecule has 9 heteroatoms. The van der Waals surface area contributed by atoms with Gasteiger partial charge in [0.25, 0.3) is 0 Å². The fourth-order valence-corrected chi connectivity index (χ4v) is 4.37. The molecule has 174 valence electrons. The number of halogens is 4. The van der Waals surface area contributed by atoms with Gasteiger partial charge in [0.2, 0.25) is 5.82 Å². The normalized spacial score (nSPS) is 16.1. The summed E-state index contributed by atoms with van der Waals surface area (Å²) < 4.78 is 59.5. The molecule has 4 aromatic rings. The molecule has 0 saturated carbocycles. The summed E-state index contributed by atoms with van der Waals surface area (Å²) in [6, 6.07) is 7.46. The van der Waals surface area contributed by atoms with Crippen LogP contribution in [0.15, 0.2) is 42.9 Å². The molecule has 34 heavy (non-hydrogen) atoms. The van der Waals surface area contributed by atoms with Gasteiger partial charge < -0.3 is 4.57 Å². The van der Waals surface area contributed by atoms with Crippen LogP contribution in [0.3, 0.4) is 0 Å². The first-order valence-corrected chi connectivity index (χ1v) is 10.9. The minimum absolute atomic E-state index is 0.100. The van der Waals surface area contributed by atoms with Crippen LogP contribution in [0.5, 0.6) is 0 Å². The van der Waals surface area contributed by atoms with Crippen molar-refractivity contribution in [2.75, 3.05) is 0 Å². The average Bonchev–Trinajstić information content (AvgIpc) is 3.43. The number of imidazole rings is 1. The van der Waals surface area contributed by atoms with Crippen LogP contribution < -0.4 is 0 Å². The minimum atomic E-state index is -1.51. The predicted molar refractivity (Wildman–Crippen MR) is 119 cm³/mol. The number of aryl methyl sites for hydroxylation is 3. The highest BCUT2D eigenvalue weighted by Crippen LogP contribution is 2.34. The Balaban J connectivity index is 1.45. The van der Waals surface area contributed by atoms with E-state index in [1.54, 1.807) is 17.1 Å². The standard InChI is InChI=1S/C25H21F4N5/c1-14-8-16(5-6-22(14)33-12-15(2)30-13-33)9-21(28)24-31-25-18(4-3-7-34(25)32-24)17-10-19(26)23(29)20(27)11-17/h5-6,8-13,18H,3-4,7H2,1-2H3/b21-9-/t18-/m1/s1. The van der Waals surface area contributed by atoms with Crippen molar-refractivity contribution in [3.05, 3.63) is 94.3 Å². The van der Waals surface area contributed by atoms with E-state index in [4.69, 9.17) is 0 Å². The Morgan fingerprint density at radius 3 is 2.53 bits per heavy atom. The summed E-state index contributed by atoms with van der Waals surface area (Å²) in [4.78, 5) is 8.56. The van der Waals surface area contributed by atoms with Crippen LogP contribution in [-0.4, -0.2) is 24.3 Å². The number of aromatic nitrogens is 5. The van der Waals surface area contributed by atoms with E-state index in [0.29, 0.717) is 30.8 Å². The molecule has 0 aliphatic carbocycles. The van der Waals surface area contributed by atoms with Gasteiger partial charge in [-0.2, -0.15) is 0 Å². The quantitative estimate of drug-likeness (QED) is 0.278. The van der Waals surface area contributed by atoms with Crippen molar-refractivity contribution < 1.29 is 17.6 Å². The van der Waals surface area contributed by atoms with E-state index >= 15 is 4.39 Å². The van der Waals surface area contributed by atoms with E-state index < -0.39 is 29.2 Å². The lowest BCUT2D eigenvalue weighted by Crippen LogP contribution is -2.18. The fourth-order valence-electron chi connectivity index (χ4n) is 4.37. The van der Waals surface area contributed by atoms with Crippen molar-refractivity contribution in [3.63, 3.8) is 0 Å². The van der Waals surface area contributed by atoms with Gasteiger partial charge in [-0.05, 0) is 73.7 Å². The second kappa shape index (κ2) is 8.55. The maximum atomic E-state index is 15.1. The topological polar surface area (TPSA) is 48.5 Å². The first-order chi connectivity index (χ1) is 16.3. The van der Waals surface area contributed by atoms with Crippen LogP contribution >= 0.6 is 0 Å². The molecule has 0 spiro atoms. The van der Waals surface area contributed by atoms with Gasteiger partial charge in [-0.1, -0.05) is 6.07 Å². The zero-order valence-electron chi connectivity index (χ0n) is 18.6. The van der Waals surface area contributed by atoms with Gasteiger partial charge in [-0.3, -0.25) is 0 Å². The number of nitrogens with zero attached hydrogens (tertiary/aromatic N) is 5. The van der Waals surface area contributed by atoms with E-state index in [2.05, 4.69) is 15.1 Å². The van der Waals surface area contributed by atoms with E-state index in [0.717, 1.165) is 29.1 Å². The van der Waals surface area contributed by atoms with Crippen LogP contribution in [0, 0.1) is 31.3 Å². The van der Waals surface area contributed by atoms with Crippen molar-refractivity contribution in [3.8, 4) is 5.69 Å². The van der Waals surface area contributed by atoms with Crippen LogP contribution in [0.2, 0.25) is 0 Å². The van der Waals surface area contributed by atoms with Crippen LogP contribution in [-0.2, 0) is 6.54 Å². The summed E-state index contributed by atoms with van der Waals surface area (Å²) in [5.74, 6) is -4.87. The molecular formula is C25H21F4N5. The maximum Gasteiger partial charge on any atom is 0.210 e. The molecule has 0 fully saturated rings. The zero-order chi connectivity index (χ0) is 24.0. The van der Waals surface area contributed by atoms with Crippen LogP contribution in [0.4, 0.5) is 17.6 Å². The predicted octanol–water partition coefficient (Wildman–Crippen LogP) is 5.89. The summed E-state index contributed by atoms with van der Waals surface area (Å²) in [6.07, 6.45) is 6.20. The molecule has 0 amide bonds. The average molecular weight is 467 g/mol.